The highest BCUT2D eigenvalue weighted by Gasteiger charge is 2.07. The van der Waals surface area contributed by atoms with Crippen LogP contribution in [0.5, 0.6) is 0 Å². The number of nitrogen functional groups attached to an aromatic ring is 1. The SMILES string of the molecule is CSc1ncc(CC(=O)O)c(N)n1. The van der Waals surface area contributed by atoms with Crippen molar-refractivity contribution in [1.29, 1.82) is 0 Å². The van der Waals surface area contributed by atoms with Gasteiger partial charge < -0.3 is 10.8 Å². The molecule has 0 spiro atoms. The van der Waals surface area contributed by atoms with Gasteiger partial charge in [0.2, 0.25) is 0 Å². The number of nitrogens with zero attached hydrogens (tertiary/aromatic N) is 2. The third kappa shape index (κ3) is 2.59. The van der Waals surface area contributed by atoms with Crippen LogP contribution < -0.4 is 5.73 Å². The van der Waals surface area contributed by atoms with Crippen molar-refractivity contribution in [2.75, 3.05) is 12.0 Å². The van der Waals surface area contributed by atoms with Gasteiger partial charge in [-0.25, -0.2) is 9.97 Å². The van der Waals surface area contributed by atoms with Crippen LogP contribution in [0.4, 0.5) is 5.82 Å². The highest BCUT2D eigenvalue weighted by Crippen LogP contribution is 2.13. The molecule has 0 saturated heterocycles. The van der Waals surface area contributed by atoms with Crippen LogP contribution in [-0.2, 0) is 11.2 Å². The second-order valence-corrected chi connectivity index (χ2v) is 3.11. The van der Waals surface area contributed by atoms with E-state index < -0.39 is 5.97 Å². The van der Waals surface area contributed by atoms with Crippen molar-refractivity contribution in [2.45, 2.75) is 11.6 Å². The number of aromatic nitrogens is 2. The molecule has 0 aliphatic rings. The first kappa shape index (κ1) is 9.79. The molecule has 0 radical (unpaired) electrons. The van der Waals surface area contributed by atoms with Crippen molar-refractivity contribution in [3.63, 3.8) is 0 Å². The third-order valence-corrected chi connectivity index (χ3v) is 1.96. The first-order valence-corrected chi connectivity index (χ1v) is 4.73. The van der Waals surface area contributed by atoms with Gasteiger partial charge in [0.1, 0.15) is 5.82 Å². The van der Waals surface area contributed by atoms with Gasteiger partial charge in [0, 0.05) is 11.8 Å². The molecule has 0 aliphatic heterocycles. The maximum atomic E-state index is 10.4. The topological polar surface area (TPSA) is 89.1 Å². The molecule has 0 saturated carbocycles. The Morgan fingerprint density at radius 2 is 2.46 bits per heavy atom. The number of hydrogen-bond donors (Lipinski definition) is 2. The van der Waals surface area contributed by atoms with Crippen LogP contribution in [-0.4, -0.2) is 27.3 Å². The number of nitrogens with two attached hydrogens (primary N) is 1. The molecule has 1 aromatic rings. The normalized spacial score (nSPS) is 9.92. The van der Waals surface area contributed by atoms with Gasteiger partial charge in [-0.05, 0) is 6.26 Å². The highest BCUT2D eigenvalue weighted by molar-refractivity contribution is 7.98. The average Bonchev–Trinajstić information content (AvgIpc) is 2.08. The Morgan fingerprint density at radius 1 is 1.77 bits per heavy atom. The van der Waals surface area contributed by atoms with Crippen LogP contribution in [0.1, 0.15) is 5.56 Å². The van der Waals surface area contributed by atoms with E-state index in [9.17, 15) is 4.79 Å². The zero-order chi connectivity index (χ0) is 9.84. The summed E-state index contributed by atoms with van der Waals surface area (Å²) < 4.78 is 0. The van der Waals surface area contributed by atoms with Gasteiger partial charge in [0.05, 0.1) is 6.42 Å². The molecular formula is C7H9N3O2S. The fourth-order valence-electron chi connectivity index (χ4n) is 0.800. The van der Waals surface area contributed by atoms with Crippen LogP contribution in [0.3, 0.4) is 0 Å². The largest absolute Gasteiger partial charge is 0.481 e. The Kier molecular flexibility index (Phi) is 3.07. The molecule has 0 aromatic carbocycles. The molecule has 70 valence electrons. The molecule has 0 aliphatic carbocycles. The van der Waals surface area contributed by atoms with Gasteiger partial charge in [-0.1, -0.05) is 11.8 Å². The summed E-state index contributed by atoms with van der Waals surface area (Å²) in [5.41, 5.74) is 5.97. The Bertz CT molecular complexity index is 330. The number of carboxylic acids is 1. The smallest absolute Gasteiger partial charge is 0.308 e. The molecule has 1 aromatic heterocycles. The number of hydrogen-bond acceptors (Lipinski definition) is 5. The molecule has 13 heavy (non-hydrogen) atoms. The van der Waals surface area contributed by atoms with Crippen molar-refractivity contribution in [3.05, 3.63) is 11.8 Å². The molecule has 5 nitrogen and oxygen atoms in total. The third-order valence-electron chi connectivity index (χ3n) is 1.40. The fourth-order valence-corrected chi connectivity index (χ4v) is 1.15. The summed E-state index contributed by atoms with van der Waals surface area (Å²) in [6.07, 6.45) is 3.13. The number of aliphatic carboxylic acids is 1. The van der Waals surface area contributed by atoms with Crippen LogP contribution in [0.2, 0.25) is 0 Å². The number of anilines is 1. The Balaban J connectivity index is 2.91. The Morgan fingerprint density at radius 3 is 2.92 bits per heavy atom. The van der Waals surface area contributed by atoms with Crippen molar-refractivity contribution >= 4 is 23.5 Å². The fraction of sp³-hybridized carbons (Fsp3) is 0.286. The zero-order valence-electron chi connectivity index (χ0n) is 7.02. The van der Waals surface area contributed by atoms with E-state index >= 15 is 0 Å². The predicted octanol–water partition coefficient (Wildman–Crippen LogP) is 0.408. The van der Waals surface area contributed by atoms with E-state index in [4.69, 9.17) is 10.8 Å². The first-order valence-electron chi connectivity index (χ1n) is 3.50. The van der Waals surface area contributed by atoms with E-state index in [2.05, 4.69) is 9.97 Å². The van der Waals surface area contributed by atoms with E-state index in [0.717, 1.165) is 0 Å². The van der Waals surface area contributed by atoms with E-state index in [1.54, 1.807) is 0 Å². The number of thioether (sulfide) groups is 1. The monoisotopic (exact) mass is 199 g/mol. The van der Waals surface area contributed by atoms with E-state index in [1.165, 1.54) is 18.0 Å². The molecular weight excluding hydrogens is 190 g/mol. The molecule has 1 rings (SSSR count). The number of rotatable bonds is 3. The summed E-state index contributed by atoms with van der Waals surface area (Å²) in [7, 11) is 0. The second-order valence-electron chi connectivity index (χ2n) is 2.34. The van der Waals surface area contributed by atoms with Crippen LogP contribution in [0, 0.1) is 0 Å². The average molecular weight is 199 g/mol. The lowest BCUT2D eigenvalue weighted by atomic mass is 10.2. The first-order chi connectivity index (χ1) is 6.13. The van der Waals surface area contributed by atoms with Gasteiger partial charge in [0.25, 0.3) is 0 Å². The summed E-state index contributed by atoms with van der Waals surface area (Å²) in [5, 5.41) is 9.05. The molecule has 0 atom stereocenters. The summed E-state index contributed by atoms with van der Waals surface area (Å²) in [6, 6.07) is 0. The highest BCUT2D eigenvalue weighted by atomic mass is 32.2. The maximum absolute atomic E-state index is 10.4. The van der Waals surface area contributed by atoms with Gasteiger partial charge in [-0.2, -0.15) is 0 Å². The van der Waals surface area contributed by atoms with Crippen molar-refractivity contribution < 1.29 is 9.90 Å². The Hall–Kier alpha value is -1.30. The lowest BCUT2D eigenvalue weighted by Crippen LogP contribution is -2.06. The zero-order valence-corrected chi connectivity index (χ0v) is 7.84. The summed E-state index contributed by atoms with van der Waals surface area (Å²) in [4.78, 5) is 18.2. The van der Waals surface area contributed by atoms with Gasteiger partial charge in [-0.15, -0.1) is 0 Å². The standard InChI is InChI=1S/C7H9N3O2S/c1-13-7-9-3-4(2-5(11)12)6(8)10-7/h3H,2H2,1H3,(H,11,12)(H2,8,9,10). The quantitative estimate of drug-likeness (QED) is 0.541. The molecule has 0 fully saturated rings. The Labute approximate surface area is 79.4 Å². The van der Waals surface area contributed by atoms with E-state index in [-0.39, 0.29) is 12.2 Å². The van der Waals surface area contributed by atoms with Gasteiger partial charge >= 0.3 is 5.97 Å². The predicted molar refractivity (Wildman–Crippen MR) is 49.6 cm³/mol. The van der Waals surface area contributed by atoms with Crippen LogP contribution >= 0.6 is 11.8 Å². The molecule has 1 heterocycles. The van der Waals surface area contributed by atoms with Crippen LogP contribution in [0.25, 0.3) is 0 Å². The minimum atomic E-state index is -0.938. The second kappa shape index (κ2) is 4.08. The van der Waals surface area contributed by atoms with Crippen molar-refractivity contribution in [1.82, 2.24) is 9.97 Å². The van der Waals surface area contributed by atoms with Crippen molar-refractivity contribution in [3.8, 4) is 0 Å². The van der Waals surface area contributed by atoms with Gasteiger partial charge in [-0.3, -0.25) is 4.79 Å². The summed E-state index contributed by atoms with van der Waals surface area (Å²) in [6.45, 7) is 0. The van der Waals surface area contributed by atoms with E-state index in [0.29, 0.717) is 10.7 Å². The number of carboxylic acid groups (broad SMARTS) is 1. The minimum Gasteiger partial charge on any atom is -0.481 e. The minimum absolute atomic E-state index is 0.138. The van der Waals surface area contributed by atoms with Crippen LogP contribution in [0.15, 0.2) is 11.4 Å². The molecule has 0 unspecified atom stereocenters. The maximum Gasteiger partial charge on any atom is 0.308 e. The summed E-state index contributed by atoms with van der Waals surface area (Å²) in [5.74, 6) is -0.700. The van der Waals surface area contributed by atoms with Gasteiger partial charge in [0.15, 0.2) is 5.16 Å². The molecule has 6 heteroatoms. The molecule has 0 amide bonds. The lowest BCUT2D eigenvalue weighted by molar-refractivity contribution is -0.136. The summed E-state index contributed by atoms with van der Waals surface area (Å²) >= 11 is 1.36. The number of carbonyl (C=O) groups is 1. The van der Waals surface area contributed by atoms with E-state index in [1.807, 2.05) is 6.26 Å². The van der Waals surface area contributed by atoms with Crippen molar-refractivity contribution in [2.24, 2.45) is 0 Å². The molecule has 3 N–H and O–H groups in total. The lowest BCUT2D eigenvalue weighted by Gasteiger charge is -2.01. The molecule has 0 bridgehead atoms.